The molecule has 0 spiro atoms. The number of hydrogen-bond acceptors (Lipinski definition) is 1. The van der Waals surface area contributed by atoms with Crippen molar-refractivity contribution in [1.29, 1.82) is 0 Å². The molecule has 2 aliphatic heterocycles. The molecule has 2 saturated heterocycles. The van der Waals surface area contributed by atoms with E-state index in [1.165, 1.54) is 30.4 Å². The fraction of sp³-hybridized carbons (Fsp3) is 0.391. The highest BCUT2D eigenvalue weighted by molar-refractivity contribution is 5.85. The van der Waals surface area contributed by atoms with Crippen LogP contribution in [0.2, 0.25) is 0 Å². The first-order chi connectivity index (χ1) is 11.7. The Morgan fingerprint density at radius 1 is 0.960 bits per heavy atom. The molecule has 4 rings (SSSR count). The number of rotatable bonds is 1. The maximum Gasteiger partial charge on any atom is 0.0431 e. The molecule has 0 aromatic heterocycles. The summed E-state index contributed by atoms with van der Waals surface area (Å²) in [5.74, 6) is 8.11. The first-order valence-corrected chi connectivity index (χ1v) is 9.07. The molecule has 2 fully saturated rings. The Balaban J connectivity index is 0.00000182. The van der Waals surface area contributed by atoms with Crippen molar-refractivity contribution < 1.29 is 0 Å². The first-order valence-electron chi connectivity index (χ1n) is 9.07. The van der Waals surface area contributed by atoms with Crippen molar-refractivity contribution in [1.82, 2.24) is 4.90 Å². The summed E-state index contributed by atoms with van der Waals surface area (Å²) in [6, 6.07) is 20.9. The van der Waals surface area contributed by atoms with Crippen LogP contribution in [0.3, 0.4) is 0 Å². The molecule has 2 aromatic carbocycles. The van der Waals surface area contributed by atoms with Gasteiger partial charge in [0.05, 0.1) is 0 Å². The molecular weight excluding hydrogens is 326 g/mol. The summed E-state index contributed by atoms with van der Waals surface area (Å²) in [6.45, 7) is 2.16. The number of hydrogen-bond donors (Lipinski definition) is 0. The van der Waals surface area contributed by atoms with Gasteiger partial charge < -0.3 is 0 Å². The molecule has 130 valence electrons. The minimum Gasteiger partial charge on any atom is -0.299 e. The molecule has 0 radical (unpaired) electrons. The first kappa shape index (κ1) is 18.1. The van der Waals surface area contributed by atoms with Crippen LogP contribution in [-0.2, 0) is 0 Å². The predicted molar refractivity (Wildman–Crippen MR) is 107 cm³/mol. The molecular formula is C23H26ClN. The van der Waals surface area contributed by atoms with Gasteiger partial charge in [-0.15, -0.1) is 12.4 Å². The van der Waals surface area contributed by atoms with E-state index in [9.17, 15) is 0 Å². The van der Waals surface area contributed by atoms with Gasteiger partial charge in [0.1, 0.15) is 0 Å². The van der Waals surface area contributed by atoms with Crippen LogP contribution in [0.1, 0.15) is 41.9 Å². The van der Waals surface area contributed by atoms with E-state index in [1.807, 2.05) is 0 Å². The van der Waals surface area contributed by atoms with Gasteiger partial charge in [-0.2, -0.15) is 0 Å². The summed E-state index contributed by atoms with van der Waals surface area (Å²) >= 11 is 0. The van der Waals surface area contributed by atoms with Crippen LogP contribution in [-0.4, -0.2) is 24.0 Å². The summed E-state index contributed by atoms with van der Waals surface area (Å²) in [4.78, 5) is 2.59. The molecule has 0 amide bonds. The van der Waals surface area contributed by atoms with Gasteiger partial charge in [-0.3, -0.25) is 4.90 Å². The largest absolute Gasteiger partial charge is 0.299 e. The van der Waals surface area contributed by atoms with Gasteiger partial charge in [0.15, 0.2) is 0 Å². The second kappa shape index (κ2) is 7.65. The van der Waals surface area contributed by atoms with Crippen molar-refractivity contribution in [3.8, 4) is 11.8 Å². The average Bonchev–Trinajstić information content (AvgIpc) is 2.86. The lowest BCUT2D eigenvalue weighted by Gasteiger charge is -2.41. The highest BCUT2D eigenvalue weighted by atomic mass is 35.5. The van der Waals surface area contributed by atoms with Crippen molar-refractivity contribution in [2.24, 2.45) is 5.92 Å². The van der Waals surface area contributed by atoms with Gasteiger partial charge in [0.2, 0.25) is 0 Å². The van der Waals surface area contributed by atoms with Gasteiger partial charge in [-0.25, -0.2) is 0 Å². The Morgan fingerprint density at radius 3 is 2.40 bits per heavy atom. The molecule has 0 N–H and O–H groups in total. The standard InChI is InChI=1S/C23H25N.ClH/c1-17-8-11-19(12-9-17)22-16-20-13-15-23(24(20)2)21(22)14-10-18-6-4-3-5-7-18;/h3-9,11-12,20-23H,13,15-16H2,1-2H3;1H/t20-,21-,22+,23+;/m0./s1. The Morgan fingerprint density at radius 2 is 1.68 bits per heavy atom. The lowest BCUT2D eigenvalue weighted by atomic mass is 9.76. The SMILES string of the molecule is Cc1ccc([C@H]2C[C@@H]3CC[C@H]([C@H]2C#Cc2ccccc2)N3C)cc1.Cl. The molecule has 2 heterocycles. The molecule has 0 unspecified atom stereocenters. The quantitative estimate of drug-likeness (QED) is 0.651. The van der Waals surface area contributed by atoms with Gasteiger partial charge >= 0.3 is 0 Å². The Bertz CT molecular complexity index is 756. The predicted octanol–water partition coefficient (Wildman–Crippen LogP) is 5.03. The summed E-state index contributed by atoms with van der Waals surface area (Å²) in [5.41, 5.74) is 3.93. The monoisotopic (exact) mass is 351 g/mol. The van der Waals surface area contributed by atoms with Crippen LogP contribution in [0.25, 0.3) is 0 Å². The topological polar surface area (TPSA) is 3.24 Å². The minimum atomic E-state index is 0. The molecule has 1 nitrogen and oxygen atoms in total. The highest BCUT2D eigenvalue weighted by Gasteiger charge is 2.45. The van der Waals surface area contributed by atoms with Crippen molar-refractivity contribution in [2.75, 3.05) is 7.05 Å². The third-order valence-corrected chi connectivity index (χ3v) is 5.93. The average molecular weight is 352 g/mol. The summed E-state index contributed by atoms with van der Waals surface area (Å²) in [6.07, 6.45) is 3.86. The van der Waals surface area contributed by atoms with Gasteiger partial charge in [0.25, 0.3) is 0 Å². The Hall–Kier alpha value is -1.75. The molecule has 2 bridgehead atoms. The van der Waals surface area contributed by atoms with Gasteiger partial charge in [0, 0.05) is 29.5 Å². The molecule has 2 heteroatoms. The highest BCUT2D eigenvalue weighted by Crippen LogP contribution is 2.45. The summed E-state index contributed by atoms with van der Waals surface area (Å²) in [5, 5.41) is 0. The van der Waals surface area contributed by atoms with E-state index in [4.69, 9.17) is 0 Å². The van der Waals surface area contributed by atoms with Crippen LogP contribution in [0, 0.1) is 24.7 Å². The van der Waals surface area contributed by atoms with E-state index in [1.54, 1.807) is 0 Å². The van der Waals surface area contributed by atoms with Crippen LogP contribution < -0.4 is 0 Å². The van der Waals surface area contributed by atoms with E-state index in [2.05, 4.69) is 85.3 Å². The fourth-order valence-electron chi connectivity index (χ4n) is 4.51. The maximum atomic E-state index is 3.67. The number of piperidine rings is 1. The Kier molecular flexibility index (Phi) is 5.52. The second-order valence-electron chi connectivity index (χ2n) is 7.38. The smallest absolute Gasteiger partial charge is 0.0431 e. The molecule has 4 atom stereocenters. The number of halogens is 1. The van der Waals surface area contributed by atoms with Gasteiger partial charge in [-0.05, 0) is 50.9 Å². The van der Waals surface area contributed by atoms with E-state index in [0.717, 1.165) is 11.6 Å². The normalized spacial score (nSPS) is 27.9. The fourth-order valence-corrected chi connectivity index (χ4v) is 4.51. The van der Waals surface area contributed by atoms with E-state index in [0.29, 0.717) is 17.9 Å². The van der Waals surface area contributed by atoms with Crippen LogP contribution in [0.5, 0.6) is 0 Å². The molecule has 0 aliphatic carbocycles. The Labute approximate surface area is 157 Å². The number of aryl methyl sites for hydroxylation is 1. The van der Waals surface area contributed by atoms with E-state index < -0.39 is 0 Å². The number of nitrogens with zero attached hydrogens (tertiary/aromatic N) is 1. The van der Waals surface area contributed by atoms with E-state index >= 15 is 0 Å². The molecule has 25 heavy (non-hydrogen) atoms. The van der Waals surface area contributed by atoms with Crippen molar-refractivity contribution in [3.05, 3.63) is 71.3 Å². The molecule has 0 saturated carbocycles. The summed E-state index contributed by atoms with van der Waals surface area (Å²) in [7, 11) is 2.30. The van der Waals surface area contributed by atoms with Crippen molar-refractivity contribution in [2.45, 2.75) is 44.2 Å². The van der Waals surface area contributed by atoms with Crippen LogP contribution >= 0.6 is 12.4 Å². The zero-order valence-corrected chi connectivity index (χ0v) is 15.8. The molecule has 2 aliphatic rings. The molecule has 2 aromatic rings. The second-order valence-corrected chi connectivity index (χ2v) is 7.38. The van der Waals surface area contributed by atoms with Crippen LogP contribution in [0.15, 0.2) is 54.6 Å². The van der Waals surface area contributed by atoms with Crippen LogP contribution in [0.4, 0.5) is 0 Å². The van der Waals surface area contributed by atoms with E-state index in [-0.39, 0.29) is 12.4 Å². The minimum absolute atomic E-state index is 0. The number of fused-ring (bicyclic) bond motifs is 2. The third kappa shape index (κ3) is 3.61. The summed E-state index contributed by atoms with van der Waals surface area (Å²) < 4.78 is 0. The van der Waals surface area contributed by atoms with Crippen molar-refractivity contribution in [3.63, 3.8) is 0 Å². The zero-order chi connectivity index (χ0) is 16.5. The third-order valence-electron chi connectivity index (χ3n) is 5.93. The van der Waals surface area contributed by atoms with Gasteiger partial charge in [-0.1, -0.05) is 59.9 Å². The maximum absolute atomic E-state index is 3.67. The van der Waals surface area contributed by atoms with Crippen molar-refractivity contribution >= 4 is 12.4 Å². The number of benzene rings is 2. The lowest BCUT2D eigenvalue weighted by Crippen LogP contribution is -2.45. The zero-order valence-electron chi connectivity index (χ0n) is 15.0. The lowest BCUT2D eigenvalue weighted by molar-refractivity contribution is 0.128.